The van der Waals surface area contributed by atoms with Crippen LogP contribution in [0.4, 0.5) is 0 Å². The highest BCUT2D eigenvalue weighted by atomic mass is 16.5. The molecular formula is C16H22O2. The molecule has 0 N–H and O–H groups in total. The second-order valence-electron chi connectivity index (χ2n) is 5.51. The Labute approximate surface area is 109 Å². The smallest absolute Gasteiger partial charge is 0.191 e. The Morgan fingerprint density at radius 3 is 2.22 bits per heavy atom. The van der Waals surface area contributed by atoms with Gasteiger partial charge in [0, 0.05) is 12.7 Å². The van der Waals surface area contributed by atoms with E-state index in [-0.39, 0.29) is 17.8 Å². The number of Topliss-reactive ketones (excluding diaryl/α,β-unsaturated/α-hetero) is 1. The Hall–Kier alpha value is -1.15. The average Bonchev–Trinajstić information content (AvgIpc) is 2.28. The van der Waals surface area contributed by atoms with Gasteiger partial charge < -0.3 is 4.74 Å². The summed E-state index contributed by atoms with van der Waals surface area (Å²) in [6.45, 7) is 4.02. The molecule has 1 aliphatic rings. The third-order valence-electron chi connectivity index (χ3n) is 3.89. The van der Waals surface area contributed by atoms with Crippen molar-refractivity contribution in [3.63, 3.8) is 0 Å². The first kappa shape index (κ1) is 13.3. The Bertz CT molecular complexity index is 402. The van der Waals surface area contributed by atoms with Gasteiger partial charge in [-0.3, -0.25) is 4.79 Å². The maximum atomic E-state index is 12.3. The first-order valence-electron chi connectivity index (χ1n) is 6.80. The van der Waals surface area contributed by atoms with Crippen LogP contribution in [0.5, 0.6) is 0 Å². The van der Waals surface area contributed by atoms with Gasteiger partial charge in [-0.05, 0) is 30.2 Å². The normalized spacial score (nSPS) is 17.6. The molecule has 0 spiro atoms. The Kier molecular flexibility index (Phi) is 4.18. The zero-order valence-corrected chi connectivity index (χ0v) is 11.5. The number of carbonyl (C=O) groups excluding carboxylic acids is 1. The lowest BCUT2D eigenvalue weighted by atomic mass is 9.80. The van der Waals surface area contributed by atoms with E-state index in [1.807, 2.05) is 26.0 Å². The van der Waals surface area contributed by atoms with Crippen molar-refractivity contribution in [3.8, 4) is 0 Å². The van der Waals surface area contributed by atoms with Gasteiger partial charge in [0.25, 0.3) is 0 Å². The Balaban J connectivity index is 2.10. The SMILES string of the molecule is COC(C(=O)c1ccc(C2CCC2)cc1)C(C)C. The van der Waals surface area contributed by atoms with Gasteiger partial charge in [0.15, 0.2) is 5.78 Å². The number of hydrogen-bond acceptors (Lipinski definition) is 2. The fourth-order valence-corrected chi connectivity index (χ4v) is 2.51. The number of ether oxygens (including phenoxy) is 1. The van der Waals surface area contributed by atoms with Crippen molar-refractivity contribution in [2.24, 2.45) is 5.92 Å². The molecule has 1 aliphatic carbocycles. The van der Waals surface area contributed by atoms with Crippen LogP contribution in [-0.4, -0.2) is 19.0 Å². The van der Waals surface area contributed by atoms with Crippen LogP contribution in [0.15, 0.2) is 24.3 Å². The van der Waals surface area contributed by atoms with Crippen LogP contribution in [-0.2, 0) is 4.74 Å². The van der Waals surface area contributed by atoms with Crippen LogP contribution in [0, 0.1) is 5.92 Å². The lowest BCUT2D eigenvalue weighted by Crippen LogP contribution is -2.28. The van der Waals surface area contributed by atoms with Crippen LogP contribution in [0.2, 0.25) is 0 Å². The summed E-state index contributed by atoms with van der Waals surface area (Å²) in [5.74, 6) is 1.01. The molecular weight excluding hydrogens is 224 g/mol. The van der Waals surface area contributed by atoms with Gasteiger partial charge in [0.2, 0.25) is 0 Å². The Morgan fingerprint density at radius 1 is 1.22 bits per heavy atom. The summed E-state index contributed by atoms with van der Waals surface area (Å²) in [5, 5.41) is 0. The fraction of sp³-hybridized carbons (Fsp3) is 0.562. The maximum absolute atomic E-state index is 12.3. The molecule has 1 aromatic rings. The molecule has 0 saturated heterocycles. The summed E-state index contributed by atoms with van der Waals surface area (Å²) >= 11 is 0. The molecule has 1 fully saturated rings. The van der Waals surface area contributed by atoms with E-state index in [1.165, 1.54) is 24.8 Å². The predicted molar refractivity (Wildman–Crippen MR) is 73.0 cm³/mol. The number of ketones is 1. The molecule has 0 amide bonds. The molecule has 2 nitrogen and oxygen atoms in total. The molecule has 1 aromatic carbocycles. The molecule has 0 radical (unpaired) electrons. The molecule has 0 bridgehead atoms. The van der Waals surface area contributed by atoms with Crippen molar-refractivity contribution in [1.29, 1.82) is 0 Å². The highest BCUT2D eigenvalue weighted by molar-refractivity contribution is 5.99. The van der Waals surface area contributed by atoms with E-state index in [9.17, 15) is 4.79 Å². The molecule has 0 aliphatic heterocycles. The number of methoxy groups -OCH3 is 1. The fourth-order valence-electron chi connectivity index (χ4n) is 2.51. The van der Waals surface area contributed by atoms with Gasteiger partial charge in [-0.2, -0.15) is 0 Å². The quantitative estimate of drug-likeness (QED) is 0.738. The topological polar surface area (TPSA) is 26.3 Å². The standard InChI is InChI=1S/C16H22O2/c1-11(2)16(18-3)15(17)14-9-7-13(8-10-14)12-5-4-6-12/h7-12,16H,4-6H2,1-3H3. The van der Waals surface area contributed by atoms with Gasteiger partial charge in [-0.1, -0.05) is 44.5 Å². The van der Waals surface area contributed by atoms with Crippen molar-refractivity contribution in [1.82, 2.24) is 0 Å². The minimum absolute atomic E-state index is 0.0904. The molecule has 1 atom stereocenters. The third-order valence-corrected chi connectivity index (χ3v) is 3.89. The summed E-state index contributed by atoms with van der Waals surface area (Å²) in [4.78, 5) is 12.3. The van der Waals surface area contributed by atoms with Crippen LogP contribution in [0.1, 0.15) is 54.9 Å². The van der Waals surface area contributed by atoms with Gasteiger partial charge >= 0.3 is 0 Å². The first-order valence-corrected chi connectivity index (χ1v) is 6.80. The van der Waals surface area contributed by atoms with Crippen molar-refractivity contribution < 1.29 is 9.53 Å². The second-order valence-corrected chi connectivity index (χ2v) is 5.51. The van der Waals surface area contributed by atoms with Crippen LogP contribution in [0.3, 0.4) is 0 Å². The summed E-state index contributed by atoms with van der Waals surface area (Å²) in [6.07, 6.45) is 3.59. The second kappa shape index (κ2) is 5.66. The lowest BCUT2D eigenvalue weighted by molar-refractivity contribution is 0.0458. The van der Waals surface area contributed by atoms with Crippen molar-refractivity contribution in [3.05, 3.63) is 35.4 Å². The molecule has 0 heterocycles. The first-order chi connectivity index (χ1) is 8.63. The van der Waals surface area contributed by atoms with Gasteiger partial charge in [-0.25, -0.2) is 0 Å². The minimum atomic E-state index is -0.334. The molecule has 1 saturated carbocycles. The van der Waals surface area contributed by atoms with Crippen LogP contribution >= 0.6 is 0 Å². The zero-order chi connectivity index (χ0) is 13.1. The number of benzene rings is 1. The van der Waals surface area contributed by atoms with E-state index in [2.05, 4.69) is 12.1 Å². The number of carbonyl (C=O) groups is 1. The third kappa shape index (κ3) is 2.64. The molecule has 0 aromatic heterocycles. The molecule has 18 heavy (non-hydrogen) atoms. The van der Waals surface area contributed by atoms with Gasteiger partial charge in [-0.15, -0.1) is 0 Å². The maximum Gasteiger partial charge on any atom is 0.191 e. The van der Waals surface area contributed by atoms with E-state index >= 15 is 0 Å². The number of hydrogen-bond donors (Lipinski definition) is 0. The van der Waals surface area contributed by atoms with Crippen molar-refractivity contribution in [2.45, 2.75) is 45.1 Å². The summed E-state index contributed by atoms with van der Waals surface area (Å²) in [6, 6.07) is 8.10. The highest BCUT2D eigenvalue weighted by Crippen LogP contribution is 2.36. The van der Waals surface area contributed by atoms with Gasteiger partial charge in [0.1, 0.15) is 6.10 Å². The van der Waals surface area contributed by atoms with E-state index < -0.39 is 0 Å². The largest absolute Gasteiger partial charge is 0.373 e. The average molecular weight is 246 g/mol. The van der Waals surface area contributed by atoms with E-state index in [0.717, 1.165) is 11.5 Å². The van der Waals surface area contributed by atoms with Crippen molar-refractivity contribution in [2.75, 3.05) is 7.11 Å². The zero-order valence-electron chi connectivity index (χ0n) is 11.5. The summed E-state index contributed by atoms with van der Waals surface area (Å²) in [5.41, 5.74) is 2.13. The van der Waals surface area contributed by atoms with Crippen molar-refractivity contribution >= 4 is 5.78 Å². The number of rotatable bonds is 5. The highest BCUT2D eigenvalue weighted by Gasteiger charge is 2.24. The Morgan fingerprint density at radius 2 is 1.83 bits per heavy atom. The van der Waals surface area contributed by atoms with E-state index in [1.54, 1.807) is 7.11 Å². The van der Waals surface area contributed by atoms with Gasteiger partial charge in [0.05, 0.1) is 0 Å². The molecule has 1 unspecified atom stereocenters. The minimum Gasteiger partial charge on any atom is -0.373 e. The van der Waals surface area contributed by atoms with Crippen LogP contribution in [0.25, 0.3) is 0 Å². The summed E-state index contributed by atoms with van der Waals surface area (Å²) < 4.78 is 5.29. The van der Waals surface area contributed by atoms with E-state index in [0.29, 0.717) is 0 Å². The molecule has 2 heteroatoms. The molecule has 2 rings (SSSR count). The predicted octanol–water partition coefficient (Wildman–Crippen LogP) is 3.81. The van der Waals surface area contributed by atoms with E-state index in [4.69, 9.17) is 4.74 Å². The molecule has 98 valence electrons. The lowest BCUT2D eigenvalue weighted by Gasteiger charge is -2.26. The van der Waals surface area contributed by atoms with Crippen LogP contribution < -0.4 is 0 Å². The monoisotopic (exact) mass is 246 g/mol. The summed E-state index contributed by atoms with van der Waals surface area (Å²) in [7, 11) is 1.60.